The summed E-state index contributed by atoms with van der Waals surface area (Å²) in [5.41, 5.74) is 0.753. The third kappa shape index (κ3) is 3.62. The van der Waals surface area contributed by atoms with E-state index >= 15 is 0 Å². The first-order valence-electron chi connectivity index (χ1n) is 6.39. The van der Waals surface area contributed by atoms with E-state index in [0.717, 1.165) is 11.8 Å². The molecule has 0 aliphatic carbocycles. The Bertz CT molecular complexity index is 741. The van der Waals surface area contributed by atoms with Crippen LogP contribution in [0.2, 0.25) is 5.02 Å². The Morgan fingerprint density at radius 3 is 2.82 bits per heavy atom. The first kappa shape index (κ1) is 16.4. The normalized spacial score (nSPS) is 13.2. The van der Waals surface area contributed by atoms with Crippen LogP contribution < -0.4 is 4.74 Å². The van der Waals surface area contributed by atoms with E-state index in [-0.39, 0.29) is 10.8 Å². The maximum Gasteiger partial charge on any atom is 0.196 e. The summed E-state index contributed by atoms with van der Waals surface area (Å²) in [6.07, 6.45) is -0.906. The van der Waals surface area contributed by atoms with Gasteiger partial charge in [0, 0.05) is 11.1 Å². The van der Waals surface area contributed by atoms with E-state index in [1.54, 1.807) is 12.3 Å². The van der Waals surface area contributed by atoms with Gasteiger partial charge in [0.15, 0.2) is 17.8 Å². The first-order valence-corrected chi connectivity index (χ1v) is 7.65. The van der Waals surface area contributed by atoms with Crippen LogP contribution in [0.5, 0.6) is 5.75 Å². The molecule has 0 radical (unpaired) electrons. The second kappa shape index (κ2) is 6.86. The lowest BCUT2D eigenvalue weighted by atomic mass is 10.0. The van der Waals surface area contributed by atoms with Gasteiger partial charge in [-0.1, -0.05) is 11.6 Å². The van der Waals surface area contributed by atoms with Crippen molar-refractivity contribution in [3.63, 3.8) is 0 Å². The van der Waals surface area contributed by atoms with Gasteiger partial charge in [0.05, 0.1) is 11.1 Å². The molecule has 1 aromatic carbocycles. The molecule has 0 N–H and O–H groups in total. The largest absolute Gasteiger partial charge is 0.481 e. The zero-order valence-corrected chi connectivity index (χ0v) is 13.4. The average molecular weight is 339 g/mol. The van der Waals surface area contributed by atoms with Crippen LogP contribution in [0, 0.1) is 24.1 Å². The van der Waals surface area contributed by atoms with Gasteiger partial charge in [-0.3, -0.25) is 4.79 Å². The molecule has 0 spiro atoms. The number of aromatic nitrogens is 1. The number of benzene rings is 1. The molecule has 0 unspecified atom stereocenters. The number of hydrogen-bond donors (Lipinski definition) is 0. The van der Waals surface area contributed by atoms with Crippen LogP contribution in [0.1, 0.15) is 23.5 Å². The maximum absolute atomic E-state index is 13.0. The highest BCUT2D eigenvalue weighted by atomic mass is 35.5. The summed E-state index contributed by atoms with van der Waals surface area (Å²) in [7, 11) is 0. The van der Waals surface area contributed by atoms with Gasteiger partial charge >= 0.3 is 0 Å². The minimum Gasteiger partial charge on any atom is -0.481 e. The molecule has 4 nitrogen and oxygen atoms in total. The quantitative estimate of drug-likeness (QED) is 0.829. The molecule has 0 aliphatic heterocycles. The molecule has 2 atom stereocenters. The van der Waals surface area contributed by atoms with Crippen LogP contribution in [-0.2, 0) is 4.79 Å². The Hall–Kier alpha value is -1.97. The predicted octanol–water partition coefficient (Wildman–Crippen LogP) is 3.89. The van der Waals surface area contributed by atoms with Crippen LogP contribution in [0.4, 0.5) is 4.39 Å². The molecule has 2 rings (SSSR count). The highest BCUT2D eigenvalue weighted by molar-refractivity contribution is 7.09. The summed E-state index contributed by atoms with van der Waals surface area (Å²) in [4.78, 5) is 16.5. The van der Waals surface area contributed by atoms with Crippen molar-refractivity contribution >= 4 is 28.7 Å². The number of ether oxygens (including phenoxy) is 1. The van der Waals surface area contributed by atoms with Gasteiger partial charge < -0.3 is 4.74 Å². The van der Waals surface area contributed by atoms with E-state index in [1.807, 2.05) is 6.07 Å². The number of nitrogens with zero attached hydrogens (tertiary/aromatic N) is 2. The fraction of sp³-hybridized carbons (Fsp3) is 0.267. The first-order chi connectivity index (χ1) is 10.4. The van der Waals surface area contributed by atoms with Crippen molar-refractivity contribution < 1.29 is 13.9 Å². The zero-order chi connectivity index (χ0) is 16.3. The van der Waals surface area contributed by atoms with Crippen molar-refractivity contribution in [2.75, 3.05) is 0 Å². The standard InChI is InChI=1S/C15H12ClFN2O2S/c1-8-7-22-15(19-8)11(6-18)14(20)9(2)21-13-4-3-10(17)5-12(13)16/h3-5,7,9,11H,1-2H3/t9-,11+/m1/s1. The number of nitriles is 1. The van der Waals surface area contributed by atoms with Crippen molar-refractivity contribution in [1.82, 2.24) is 4.98 Å². The molecule has 114 valence electrons. The van der Waals surface area contributed by atoms with Crippen LogP contribution in [-0.4, -0.2) is 16.9 Å². The van der Waals surface area contributed by atoms with Gasteiger partial charge in [0.2, 0.25) is 0 Å². The van der Waals surface area contributed by atoms with Crippen molar-refractivity contribution in [3.8, 4) is 11.8 Å². The second-order valence-corrected chi connectivity index (χ2v) is 5.92. The number of rotatable bonds is 5. The van der Waals surface area contributed by atoms with E-state index < -0.39 is 23.6 Å². The smallest absolute Gasteiger partial charge is 0.196 e. The van der Waals surface area contributed by atoms with Crippen LogP contribution >= 0.6 is 22.9 Å². The molecule has 0 aliphatic rings. The highest BCUT2D eigenvalue weighted by Gasteiger charge is 2.29. The Morgan fingerprint density at radius 2 is 2.27 bits per heavy atom. The van der Waals surface area contributed by atoms with Crippen LogP contribution in [0.3, 0.4) is 0 Å². The van der Waals surface area contributed by atoms with Crippen molar-refractivity contribution in [3.05, 3.63) is 45.1 Å². The van der Waals surface area contributed by atoms with Crippen molar-refractivity contribution in [1.29, 1.82) is 5.26 Å². The van der Waals surface area contributed by atoms with Crippen molar-refractivity contribution in [2.24, 2.45) is 0 Å². The summed E-state index contributed by atoms with van der Waals surface area (Å²) < 4.78 is 18.4. The number of carbonyl (C=O) groups excluding carboxylic acids is 1. The molecule has 0 saturated heterocycles. The Kier molecular flexibility index (Phi) is 5.11. The Balaban J connectivity index is 2.16. The average Bonchev–Trinajstić information content (AvgIpc) is 2.89. The number of thiazole rings is 1. The molecule has 1 heterocycles. The van der Waals surface area contributed by atoms with E-state index in [0.29, 0.717) is 5.01 Å². The van der Waals surface area contributed by atoms with Gasteiger partial charge in [0.25, 0.3) is 0 Å². The fourth-order valence-electron chi connectivity index (χ4n) is 1.80. The van der Waals surface area contributed by atoms with Crippen molar-refractivity contribution in [2.45, 2.75) is 25.9 Å². The monoisotopic (exact) mass is 338 g/mol. The van der Waals surface area contributed by atoms with Gasteiger partial charge in [0.1, 0.15) is 16.6 Å². The van der Waals surface area contributed by atoms with Gasteiger partial charge in [-0.15, -0.1) is 11.3 Å². The fourth-order valence-corrected chi connectivity index (χ4v) is 2.86. The van der Waals surface area contributed by atoms with Crippen LogP contribution in [0.25, 0.3) is 0 Å². The van der Waals surface area contributed by atoms with Gasteiger partial charge in [-0.05, 0) is 32.0 Å². The summed E-state index contributed by atoms with van der Waals surface area (Å²) >= 11 is 7.11. The summed E-state index contributed by atoms with van der Waals surface area (Å²) in [5.74, 6) is -1.72. The highest BCUT2D eigenvalue weighted by Crippen LogP contribution is 2.28. The molecular formula is C15H12ClFN2O2S. The number of Topliss-reactive ketones (excluding diaryl/α,β-unsaturated/α-hetero) is 1. The number of hydrogen-bond acceptors (Lipinski definition) is 5. The SMILES string of the molecule is Cc1csc([C@@H](C#N)C(=O)[C@@H](C)Oc2ccc(F)cc2Cl)n1. The summed E-state index contributed by atoms with van der Waals surface area (Å²) in [5, 5.41) is 11.5. The minimum atomic E-state index is -0.993. The lowest BCUT2D eigenvalue weighted by Gasteiger charge is -2.16. The molecule has 0 bridgehead atoms. The number of carbonyl (C=O) groups is 1. The molecule has 7 heteroatoms. The molecule has 1 aromatic heterocycles. The molecule has 22 heavy (non-hydrogen) atoms. The number of ketones is 1. The number of halogens is 2. The lowest BCUT2D eigenvalue weighted by Crippen LogP contribution is -2.28. The minimum absolute atomic E-state index is 0.0678. The number of aryl methyl sites for hydroxylation is 1. The van der Waals surface area contributed by atoms with E-state index in [4.69, 9.17) is 16.3 Å². The third-order valence-corrected chi connectivity index (χ3v) is 4.22. The Labute approximate surface area is 136 Å². The van der Waals surface area contributed by atoms with Gasteiger partial charge in [-0.25, -0.2) is 9.37 Å². The third-order valence-electron chi connectivity index (χ3n) is 2.90. The van der Waals surface area contributed by atoms with Gasteiger partial charge in [-0.2, -0.15) is 5.26 Å². The van der Waals surface area contributed by atoms with Crippen LogP contribution in [0.15, 0.2) is 23.6 Å². The van der Waals surface area contributed by atoms with E-state index in [2.05, 4.69) is 4.98 Å². The topological polar surface area (TPSA) is 63.0 Å². The summed E-state index contributed by atoms with van der Waals surface area (Å²) in [6.45, 7) is 3.31. The Morgan fingerprint density at radius 1 is 1.55 bits per heavy atom. The lowest BCUT2D eigenvalue weighted by molar-refractivity contribution is -0.125. The molecule has 0 fully saturated rings. The second-order valence-electron chi connectivity index (χ2n) is 4.63. The molecule has 0 amide bonds. The molecule has 0 saturated carbocycles. The van der Waals surface area contributed by atoms with E-state index in [9.17, 15) is 14.4 Å². The zero-order valence-electron chi connectivity index (χ0n) is 11.8. The van der Waals surface area contributed by atoms with E-state index in [1.165, 1.54) is 30.4 Å². The maximum atomic E-state index is 13.0. The molecule has 2 aromatic rings. The predicted molar refractivity (Wildman–Crippen MR) is 81.7 cm³/mol. The summed E-state index contributed by atoms with van der Waals surface area (Å²) in [6, 6.07) is 5.57. The molecular weight excluding hydrogens is 327 g/mol.